The molecule has 2 aliphatic rings. The number of rotatable bonds is 4. The predicted octanol–water partition coefficient (Wildman–Crippen LogP) is 2.77. The van der Waals surface area contributed by atoms with Crippen molar-refractivity contribution in [3.63, 3.8) is 0 Å². The Bertz CT molecular complexity index is 735. The largest absolute Gasteiger partial charge is 0.341 e. The standard InChI is InChI=1S/C16H20Cl2N2O3S/c17-14-5-4-13(15(18)10-14)11-24(22,23)20-7-1-6-19(8-9-20)16(21)12-2-3-12/h4-5,10,12H,1-3,6-9,11H2. The molecule has 0 N–H and O–H groups in total. The van der Waals surface area contributed by atoms with Crippen LogP contribution in [0.3, 0.4) is 0 Å². The first-order valence-electron chi connectivity index (χ1n) is 8.07. The molecule has 1 aromatic rings. The summed E-state index contributed by atoms with van der Waals surface area (Å²) >= 11 is 11.9. The Balaban J connectivity index is 1.67. The maximum Gasteiger partial charge on any atom is 0.225 e. The zero-order valence-electron chi connectivity index (χ0n) is 13.2. The first-order valence-corrected chi connectivity index (χ1v) is 10.4. The van der Waals surface area contributed by atoms with Gasteiger partial charge in [0.05, 0.1) is 5.75 Å². The van der Waals surface area contributed by atoms with Gasteiger partial charge in [-0.15, -0.1) is 0 Å². The summed E-state index contributed by atoms with van der Waals surface area (Å²) in [6.07, 6.45) is 2.59. The summed E-state index contributed by atoms with van der Waals surface area (Å²) in [4.78, 5) is 14.0. The molecule has 1 saturated heterocycles. The highest BCUT2D eigenvalue weighted by atomic mass is 35.5. The molecule has 1 aliphatic heterocycles. The van der Waals surface area contributed by atoms with Crippen LogP contribution in [0.25, 0.3) is 0 Å². The number of hydrogen-bond acceptors (Lipinski definition) is 3. The molecule has 132 valence electrons. The zero-order chi connectivity index (χ0) is 17.3. The molecular weight excluding hydrogens is 371 g/mol. The average Bonchev–Trinajstić information content (AvgIpc) is 3.35. The van der Waals surface area contributed by atoms with Gasteiger partial charge < -0.3 is 4.90 Å². The number of benzene rings is 1. The fraction of sp³-hybridized carbons (Fsp3) is 0.562. The van der Waals surface area contributed by atoms with Gasteiger partial charge >= 0.3 is 0 Å². The minimum atomic E-state index is -3.48. The normalized spacial score (nSPS) is 20.0. The van der Waals surface area contributed by atoms with Gasteiger partial charge in [0.1, 0.15) is 0 Å². The van der Waals surface area contributed by atoms with Crippen LogP contribution in [-0.2, 0) is 20.6 Å². The van der Waals surface area contributed by atoms with E-state index in [9.17, 15) is 13.2 Å². The van der Waals surface area contributed by atoms with Gasteiger partial charge in [-0.2, -0.15) is 4.31 Å². The molecule has 1 saturated carbocycles. The van der Waals surface area contributed by atoms with E-state index < -0.39 is 10.0 Å². The van der Waals surface area contributed by atoms with Crippen molar-refractivity contribution in [1.82, 2.24) is 9.21 Å². The fourth-order valence-corrected chi connectivity index (χ4v) is 5.06. The van der Waals surface area contributed by atoms with Crippen LogP contribution in [0.2, 0.25) is 10.0 Å². The van der Waals surface area contributed by atoms with Crippen LogP contribution in [0.4, 0.5) is 0 Å². The molecule has 2 fully saturated rings. The third-order valence-electron chi connectivity index (χ3n) is 4.44. The molecule has 0 aromatic heterocycles. The second kappa shape index (κ2) is 7.20. The summed E-state index contributed by atoms with van der Waals surface area (Å²) in [6, 6.07) is 4.83. The molecule has 0 spiro atoms. The molecule has 0 unspecified atom stereocenters. The Kier molecular flexibility index (Phi) is 5.39. The molecule has 1 amide bonds. The van der Waals surface area contributed by atoms with Crippen LogP contribution >= 0.6 is 23.2 Å². The zero-order valence-corrected chi connectivity index (χ0v) is 15.6. The van der Waals surface area contributed by atoms with Gasteiger partial charge in [0.25, 0.3) is 0 Å². The fourth-order valence-electron chi connectivity index (χ4n) is 2.91. The molecule has 1 aliphatic carbocycles. The number of hydrogen-bond donors (Lipinski definition) is 0. The average molecular weight is 391 g/mol. The Morgan fingerprint density at radius 2 is 1.88 bits per heavy atom. The van der Waals surface area contributed by atoms with Crippen molar-refractivity contribution in [2.75, 3.05) is 26.2 Å². The number of carbonyl (C=O) groups excluding carboxylic acids is 1. The molecule has 8 heteroatoms. The van der Waals surface area contributed by atoms with Gasteiger partial charge in [0, 0.05) is 42.1 Å². The van der Waals surface area contributed by atoms with Gasteiger partial charge in [-0.25, -0.2) is 8.42 Å². The van der Waals surface area contributed by atoms with Crippen LogP contribution in [0, 0.1) is 5.92 Å². The second-order valence-corrected chi connectivity index (χ2v) is 9.16. The van der Waals surface area contributed by atoms with Crippen molar-refractivity contribution in [1.29, 1.82) is 0 Å². The summed E-state index contributed by atoms with van der Waals surface area (Å²) < 4.78 is 26.9. The number of nitrogens with zero attached hydrogens (tertiary/aromatic N) is 2. The van der Waals surface area contributed by atoms with Crippen molar-refractivity contribution in [2.24, 2.45) is 5.92 Å². The van der Waals surface area contributed by atoms with E-state index in [0.29, 0.717) is 48.2 Å². The summed E-state index contributed by atoms with van der Waals surface area (Å²) in [5.41, 5.74) is 0.538. The first-order chi connectivity index (χ1) is 11.4. The van der Waals surface area contributed by atoms with Crippen LogP contribution in [0.15, 0.2) is 18.2 Å². The van der Waals surface area contributed by atoms with Crippen molar-refractivity contribution in [3.8, 4) is 0 Å². The number of sulfonamides is 1. The summed E-state index contributed by atoms with van der Waals surface area (Å²) in [5.74, 6) is 0.190. The number of halogens is 2. The van der Waals surface area contributed by atoms with Crippen LogP contribution < -0.4 is 0 Å². The highest BCUT2D eigenvalue weighted by Crippen LogP contribution is 2.31. The second-order valence-electron chi connectivity index (χ2n) is 6.34. The summed E-state index contributed by atoms with van der Waals surface area (Å²) in [6.45, 7) is 1.86. The lowest BCUT2D eigenvalue weighted by atomic mass is 10.2. The van der Waals surface area contributed by atoms with Gasteiger partial charge in [-0.05, 0) is 37.0 Å². The van der Waals surface area contributed by atoms with E-state index in [0.717, 1.165) is 12.8 Å². The number of carbonyl (C=O) groups is 1. The van der Waals surface area contributed by atoms with Crippen molar-refractivity contribution in [3.05, 3.63) is 33.8 Å². The monoisotopic (exact) mass is 390 g/mol. The molecule has 5 nitrogen and oxygen atoms in total. The Labute approximate surface area is 152 Å². The molecule has 24 heavy (non-hydrogen) atoms. The van der Waals surface area contributed by atoms with Crippen molar-refractivity contribution < 1.29 is 13.2 Å². The summed E-state index contributed by atoms with van der Waals surface area (Å²) in [5, 5.41) is 0.830. The van der Waals surface area contributed by atoms with Gasteiger partial charge in [0.2, 0.25) is 15.9 Å². The molecule has 0 radical (unpaired) electrons. The Hall–Kier alpha value is -0.820. The van der Waals surface area contributed by atoms with E-state index in [1.807, 2.05) is 4.90 Å². The Morgan fingerprint density at radius 1 is 1.12 bits per heavy atom. The molecular formula is C16H20Cl2N2O3S. The molecule has 0 bridgehead atoms. The quantitative estimate of drug-likeness (QED) is 0.793. The first kappa shape index (κ1) is 18.0. The third-order valence-corrected chi connectivity index (χ3v) is 6.85. The maximum atomic E-state index is 12.7. The van der Waals surface area contributed by atoms with E-state index in [4.69, 9.17) is 23.2 Å². The number of amides is 1. The molecule has 1 aromatic carbocycles. The van der Waals surface area contributed by atoms with E-state index in [1.165, 1.54) is 4.31 Å². The summed E-state index contributed by atoms with van der Waals surface area (Å²) in [7, 11) is -3.48. The lowest BCUT2D eigenvalue weighted by Gasteiger charge is -2.22. The molecule has 1 heterocycles. The van der Waals surface area contributed by atoms with Crippen molar-refractivity contribution in [2.45, 2.75) is 25.0 Å². The maximum absolute atomic E-state index is 12.7. The van der Waals surface area contributed by atoms with E-state index in [1.54, 1.807) is 18.2 Å². The Morgan fingerprint density at radius 3 is 2.54 bits per heavy atom. The smallest absolute Gasteiger partial charge is 0.225 e. The van der Waals surface area contributed by atoms with Gasteiger partial charge in [0.15, 0.2) is 0 Å². The van der Waals surface area contributed by atoms with E-state index in [2.05, 4.69) is 0 Å². The minimum absolute atomic E-state index is 0.153. The van der Waals surface area contributed by atoms with E-state index in [-0.39, 0.29) is 17.6 Å². The highest BCUT2D eigenvalue weighted by Gasteiger charge is 2.35. The SMILES string of the molecule is O=C(C1CC1)N1CCCN(S(=O)(=O)Cc2ccc(Cl)cc2Cl)CC1. The van der Waals surface area contributed by atoms with Gasteiger partial charge in [-0.3, -0.25) is 4.79 Å². The van der Waals surface area contributed by atoms with Crippen LogP contribution in [-0.4, -0.2) is 49.7 Å². The third kappa shape index (κ3) is 4.23. The van der Waals surface area contributed by atoms with Crippen LogP contribution in [0.5, 0.6) is 0 Å². The highest BCUT2D eigenvalue weighted by molar-refractivity contribution is 7.88. The van der Waals surface area contributed by atoms with E-state index >= 15 is 0 Å². The van der Waals surface area contributed by atoms with Crippen molar-refractivity contribution >= 4 is 39.1 Å². The molecule has 0 atom stereocenters. The minimum Gasteiger partial charge on any atom is -0.341 e. The topological polar surface area (TPSA) is 57.7 Å². The predicted molar refractivity (Wildman–Crippen MR) is 94.6 cm³/mol. The van der Waals surface area contributed by atoms with Gasteiger partial charge in [-0.1, -0.05) is 29.3 Å². The molecule has 3 rings (SSSR count). The lowest BCUT2D eigenvalue weighted by Crippen LogP contribution is -2.38. The lowest BCUT2D eigenvalue weighted by molar-refractivity contribution is -0.132. The van der Waals surface area contributed by atoms with Crippen LogP contribution in [0.1, 0.15) is 24.8 Å².